The van der Waals surface area contributed by atoms with Crippen LogP contribution >= 0.6 is 11.3 Å². The Kier molecular flexibility index (Phi) is 3.95. The van der Waals surface area contributed by atoms with Gasteiger partial charge in [-0.25, -0.2) is 0 Å². The zero-order valence-electron chi connectivity index (χ0n) is 11.1. The molecule has 0 fully saturated rings. The molecule has 3 aromatic rings. The van der Waals surface area contributed by atoms with Gasteiger partial charge in [0.05, 0.1) is 0 Å². The Morgan fingerprint density at radius 3 is 2.15 bits per heavy atom. The number of aliphatic hydroxyl groups excluding tert-OH is 1. The van der Waals surface area contributed by atoms with Crippen LogP contribution in [0.25, 0.3) is 0 Å². The highest BCUT2D eigenvalue weighted by molar-refractivity contribution is 7.07. The third-order valence-corrected chi connectivity index (χ3v) is 4.11. The minimum absolute atomic E-state index is 0.521. The van der Waals surface area contributed by atoms with Gasteiger partial charge in [-0.05, 0) is 45.5 Å². The summed E-state index contributed by atoms with van der Waals surface area (Å²) in [4.78, 5) is 0. The van der Waals surface area contributed by atoms with E-state index in [0.29, 0.717) is 0 Å². The van der Waals surface area contributed by atoms with Gasteiger partial charge in [-0.3, -0.25) is 0 Å². The van der Waals surface area contributed by atoms with Crippen molar-refractivity contribution < 1.29 is 5.11 Å². The lowest BCUT2D eigenvalue weighted by Gasteiger charge is -2.10. The molecule has 1 atom stereocenters. The van der Waals surface area contributed by atoms with Crippen LogP contribution in [0, 0.1) is 0 Å². The second-order valence-electron chi connectivity index (χ2n) is 4.86. The van der Waals surface area contributed by atoms with Crippen molar-refractivity contribution in [3.8, 4) is 0 Å². The van der Waals surface area contributed by atoms with Gasteiger partial charge in [0.1, 0.15) is 6.10 Å². The summed E-state index contributed by atoms with van der Waals surface area (Å²) in [6.45, 7) is 0. The second-order valence-corrected chi connectivity index (χ2v) is 5.64. The summed E-state index contributed by atoms with van der Waals surface area (Å²) < 4.78 is 0. The quantitative estimate of drug-likeness (QED) is 0.750. The van der Waals surface area contributed by atoms with Gasteiger partial charge >= 0.3 is 0 Å². The van der Waals surface area contributed by atoms with Gasteiger partial charge in [0.2, 0.25) is 0 Å². The van der Waals surface area contributed by atoms with Gasteiger partial charge < -0.3 is 5.11 Å². The number of rotatable bonds is 4. The normalized spacial score (nSPS) is 12.2. The highest BCUT2D eigenvalue weighted by Gasteiger charge is 2.10. The van der Waals surface area contributed by atoms with Crippen molar-refractivity contribution in [1.82, 2.24) is 0 Å². The molecule has 1 aromatic heterocycles. The Morgan fingerprint density at radius 1 is 0.800 bits per heavy atom. The highest BCUT2D eigenvalue weighted by atomic mass is 32.1. The van der Waals surface area contributed by atoms with E-state index in [-0.39, 0.29) is 0 Å². The maximum atomic E-state index is 10.3. The fourth-order valence-corrected chi connectivity index (χ4v) is 2.95. The van der Waals surface area contributed by atoms with Crippen LogP contribution in [0.2, 0.25) is 0 Å². The Morgan fingerprint density at radius 2 is 1.50 bits per heavy atom. The maximum Gasteiger partial charge on any atom is 0.105 e. The van der Waals surface area contributed by atoms with Gasteiger partial charge in [0.15, 0.2) is 0 Å². The van der Waals surface area contributed by atoms with Gasteiger partial charge in [0.25, 0.3) is 0 Å². The molecule has 1 nitrogen and oxygen atoms in total. The molecule has 20 heavy (non-hydrogen) atoms. The number of aliphatic hydroxyl groups is 1. The van der Waals surface area contributed by atoms with Gasteiger partial charge in [-0.1, -0.05) is 54.6 Å². The number of hydrogen-bond donors (Lipinski definition) is 1. The lowest BCUT2D eigenvalue weighted by Crippen LogP contribution is -1.98. The Labute approximate surface area is 123 Å². The topological polar surface area (TPSA) is 20.2 Å². The molecule has 1 N–H and O–H groups in total. The Hall–Kier alpha value is -1.90. The van der Waals surface area contributed by atoms with Crippen LogP contribution in [-0.4, -0.2) is 5.11 Å². The summed E-state index contributed by atoms with van der Waals surface area (Å²) in [5.74, 6) is 0. The molecule has 0 spiro atoms. The van der Waals surface area contributed by atoms with Crippen LogP contribution in [0.15, 0.2) is 71.4 Å². The zero-order chi connectivity index (χ0) is 13.8. The van der Waals surface area contributed by atoms with Crippen molar-refractivity contribution in [1.29, 1.82) is 0 Å². The summed E-state index contributed by atoms with van der Waals surface area (Å²) in [6, 6.07) is 20.6. The van der Waals surface area contributed by atoms with Crippen molar-refractivity contribution in [2.45, 2.75) is 12.5 Å². The van der Waals surface area contributed by atoms with E-state index < -0.39 is 6.10 Å². The molecule has 0 aliphatic heterocycles. The fourth-order valence-electron chi connectivity index (χ4n) is 2.27. The van der Waals surface area contributed by atoms with Crippen LogP contribution in [0.3, 0.4) is 0 Å². The van der Waals surface area contributed by atoms with Gasteiger partial charge in [0, 0.05) is 0 Å². The predicted octanol–water partition coefficient (Wildman–Crippen LogP) is 4.42. The van der Waals surface area contributed by atoms with Crippen LogP contribution in [0.1, 0.15) is 28.4 Å². The van der Waals surface area contributed by atoms with Crippen molar-refractivity contribution in [2.75, 3.05) is 0 Å². The van der Waals surface area contributed by atoms with E-state index in [9.17, 15) is 5.11 Å². The lowest BCUT2D eigenvalue weighted by atomic mass is 10.00. The molecular weight excluding hydrogens is 264 g/mol. The number of benzene rings is 2. The minimum Gasteiger partial charge on any atom is -0.384 e. The molecule has 0 aliphatic carbocycles. The molecule has 0 saturated heterocycles. The first-order valence-electron chi connectivity index (χ1n) is 6.66. The smallest absolute Gasteiger partial charge is 0.105 e. The Balaban J connectivity index is 1.75. The summed E-state index contributed by atoms with van der Waals surface area (Å²) in [5, 5.41) is 14.2. The van der Waals surface area contributed by atoms with Crippen LogP contribution in [-0.2, 0) is 6.42 Å². The van der Waals surface area contributed by atoms with Crippen LogP contribution < -0.4 is 0 Å². The monoisotopic (exact) mass is 280 g/mol. The molecule has 0 bridgehead atoms. The summed E-state index contributed by atoms with van der Waals surface area (Å²) in [5.41, 5.74) is 4.47. The van der Waals surface area contributed by atoms with E-state index in [1.54, 1.807) is 11.3 Å². The molecule has 0 aliphatic rings. The van der Waals surface area contributed by atoms with Gasteiger partial charge in [-0.15, -0.1) is 0 Å². The van der Waals surface area contributed by atoms with E-state index in [2.05, 4.69) is 36.4 Å². The summed E-state index contributed by atoms with van der Waals surface area (Å²) in [6.07, 6.45) is 0.405. The largest absolute Gasteiger partial charge is 0.384 e. The number of thiophene rings is 1. The third-order valence-electron chi connectivity index (χ3n) is 3.41. The zero-order valence-corrected chi connectivity index (χ0v) is 11.9. The Bertz CT molecular complexity index is 642. The SMILES string of the molecule is OC(c1ccc(Cc2ccccc2)cc1)c1ccsc1. The van der Waals surface area contributed by atoms with E-state index in [4.69, 9.17) is 0 Å². The number of hydrogen-bond acceptors (Lipinski definition) is 2. The first-order valence-corrected chi connectivity index (χ1v) is 7.60. The fraction of sp³-hybridized carbons (Fsp3) is 0.111. The molecule has 0 amide bonds. The van der Waals surface area contributed by atoms with E-state index in [1.807, 2.05) is 35.0 Å². The van der Waals surface area contributed by atoms with Crippen LogP contribution in [0.5, 0.6) is 0 Å². The van der Waals surface area contributed by atoms with Crippen molar-refractivity contribution >= 4 is 11.3 Å². The predicted molar refractivity (Wildman–Crippen MR) is 84.1 cm³/mol. The average Bonchev–Trinajstić information content (AvgIpc) is 3.03. The molecule has 100 valence electrons. The highest BCUT2D eigenvalue weighted by Crippen LogP contribution is 2.24. The molecule has 2 aromatic carbocycles. The van der Waals surface area contributed by atoms with E-state index >= 15 is 0 Å². The molecule has 3 rings (SSSR count). The first-order chi connectivity index (χ1) is 9.83. The van der Waals surface area contributed by atoms with Gasteiger partial charge in [-0.2, -0.15) is 11.3 Å². The van der Waals surface area contributed by atoms with E-state index in [0.717, 1.165) is 17.5 Å². The standard InChI is InChI=1S/C18H16OS/c19-18(17-10-11-20-13-17)16-8-6-15(7-9-16)12-14-4-2-1-3-5-14/h1-11,13,18-19H,12H2. The molecule has 1 unspecified atom stereocenters. The second kappa shape index (κ2) is 6.04. The molecular formula is C18H16OS. The summed E-state index contributed by atoms with van der Waals surface area (Å²) >= 11 is 1.61. The third kappa shape index (κ3) is 2.98. The summed E-state index contributed by atoms with van der Waals surface area (Å²) in [7, 11) is 0. The van der Waals surface area contributed by atoms with Crippen molar-refractivity contribution in [3.05, 3.63) is 93.7 Å². The minimum atomic E-state index is -0.521. The van der Waals surface area contributed by atoms with Crippen molar-refractivity contribution in [3.63, 3.8) is 0 Å². The lowest BCUT2D eigenvalue weighted by molar-refractivity contribution is 0.221. The molecule has 0 saturated carbocycles. The first kappa shape index (κ1) is 13.1. The molecule has 2 heteroatoms. The maximum absolute atomic E-state index is 10.3. The molecule has 0 radical (unpaired) electrons. The molecule has 1 heterocycles. The van der Waals surface area contributed by atoms with Crippen molar-refractivity contribution in [2.24, 2.45) is 0 Å². The van der Waals surface area contributed by atoms with E-state index in [1.165, 1.54) is 11.1 Å². The van der Waals surface area contributed by atoms with Crippen LogP contribution in [0.4, 0.5) is 0 Å². The average molecular weight is 280 g/mol.